The monoisotopic (exact) mass is 408 g/mol. The highest BCUT2D eigenvalue weighted by molar-refractivity contribution is 5.94. The summed E-state index contributed by atoms with van der Waals surface area (Å²) in [5.41, 5.74) is 1.40. The largest absolute Gasteiger partial charge is 0.494 e. The van der Waals surface area contributed by atoms with Crippen molar-refractivity contribution in [1.82, 2.24) is 10.2 Å². The molecule has 1 atom stereocenters. The molecule has 152 valence electrons. The highest BCUT2D eigenvalue weighted by atomic mass is 35.5. The van der Waals surface area contributed by atoms with E-state index in [-0.39, 0.29) is 30.2 Å². The van der Waals surface area contributed by atoms with Gasteiger partial charge in [0.15, 0.2) is 0 Å². The molecule has 2 aromatic carbocycles. The van der Waals surface area contributed by atoms with Crippen LogP contribution in [0.15, 0.2) is 48.5 Å². The number of hydrogen-bond acceptors (Lipinski definition) is 4. The maximum absolute atomic E-state index is 13.6. The van der Waals surface area contributed by atoms with Gasteiger partial charge in [0.2, 0.25) is 0 Å². The second kappa shape index (κ2) is 11.0. The molecule has 1 aliphatic rings. The van der Waals surface area contributed by atoms with Gasteiger partial charge in [-0.15, -0.1) is 12.4 Å². The van der Waals surface area contributed by atoms with Gasteiger partial charge >= 0.3 is 0 Å². The maximum Gasteiger partial charge on any atom is 0.254 e. The lowest BCUT2D eigenvalue weighted by molar-refractivity contribution is 0.0634. The predicted molar refractivity (Wildman–Crippen MR) is 109 cm³/mol. The van der Waals surface area contributed by atoms with Crippen molar-refractivity contribution in [1.29, 1.82) is 0 Å². The number of hydrogen-bond donors (Lipinski definition) is 1. The molecule has 1 unspecified atom stereocenters. The van der Waals surface area contributed by atoms with Gasteiger partial charge < -0.3 is 19.7 Å². The number of amides is 1. The molecule has 5 nitrogen and oxygen atoms in total. The maximum atomic E-state index is 13.6. The van der Waals surface area contributed by atoms with Gasteiger partial charge in [0.25, 0.3) is 5.91 Å². The van der Waals surface area contributed by atoms with Crippen molar-refractivity contribution in [3.05, 3.63) is 65.5 Å². The average Bonchev–Trinajstić information content (AvgIpc) is 2.71. The van der Waals surface area contributed by atoms with Crippen LogP contribution in [0.1, 0.15) is 28.4 Å². The van der Waals surface area contributed by atoms with E-state index < -0.39 is 0 Å². The Kier molecular flexibility index (Phi) is 8.70. The minimum atomic E-state index is -0.291. The van der Waals surface area contributed by atoms with Gasteiger partial charge in [-0.1, -0.05) is 12.1 Å². The van der Waals surface area contributed by atoms with Crippen LogP contribution in [0.25, 0.3) is 0 Å². The van der Waals surface area contributed by atoms with Crippen LogP contribution in [-0.2, 0) is 4.74 Å². The summed E-state index contributed by atoms with van der Waals surface area (Å²) in [6.07, 6.45) is 0.813. The third-order valence-corrected chi connectivity index (χ3v) is 4.60. The van der Waals surface area contributed by atoms with E-state index in [4.69, 9.17) is 9.47 Å². The summed E-state index contributed by atoms with van der Waals surface area (Å²) in [5.74, 6) is 0.377. The topological polar surface area (TPSA) is 50.8 Å². The molecule has 0 bridgehead atoms. The fourth-order valence-corrected chi connectivity index (χ4v) is 3.21. The molecule has 7 heteroatoms. The molecule has 0 aliphatic carbocycles. The third kappa shape index (κ3) is 5.67. The number of carbonyl (C=O) groups is 1. The number of rotatable bonds is 7. The van der Waals surface area contributed by atoms with Gasteiger partial charge in [0, 0.05) is 45.3 Å². The van der Waals surface area contributed by atoms with Crippen molar-refractivity contribution in [2.45, 2.75) is 12.5 Å². The summed E-state index contributed by atoms with van der Waals surface area (Å²) in [7, 11) is 1.66. The van der Waals surface area contributed by atoms with Crippen LogP contribution in [0, 0.1) is 5.82 Å². The predicted octanol–water partition coefficient (Wildman–Crippen LogP) is 3.45. The Hall–Kier alpha value is -2.15. The van der Waals surface area contributed by atoms with Crippen LogP contribution in [0.3, 0.4) is 0 Å². The molecule has 0 radical (unpaired) electrons. The minimum Gasteiger partial charge on any atom is -0.494 e. The van der Waals surface area contributed by atoms with Crippen LogP contribution in [0.2, 0.25) is 0 Å². The van der Waals surface area contributed by atoms with Crippen molar-refractivity contribution >= 4 is 18.3 Å². The SMILES string of the molecule is COCCCOc1ccc(C(=O)N2CCNCC2c2cccc(F)c2)cc1.Cl. The van der Waals surface area contributed by atoms with Gasteiger partial charge in [-0.3, -0.25) is 4.79 Å². The standard InChI is InChI=1S/C21H25FN2O3.ClH/c1-26-12-3-13-27-19-8-6-16(7-9-19)21(25)24-11-10-23-15-20(24)17-4-2-5-18(22)14-17;/h2,4-9,14,20,23H,3,10-13,15H2,1H3;1H. The summed E-state index contributed by atoms with van der Waals surface area (Å²) in [5, 5.41) is 3.29. The summed E-state index contributed by atoms with van der Waals surface area (Å²) < 4.78 is 24.3. The van der Waals surface area contributed by atoms with Gasteiger partial charge in [-0.25, -0.2) is 4.39 Å². The molecule has 0 saturated carbocycles. The molecule has 2 aromatic rings. The summed E-state index contributed by atoms with van der Waals surface area (Å²) in [6, 6.07) is 13.4. The smallest absolute Gasteiger partial charge is 0.254 e. The highest BCUT2D eigenvalue weighted by Gasteiger charge is 2.28. The van der Waals surface area contributed by atoms with Crippen molar-refractivity contribution in [2.75, 3.05) is 40.0 Å². The number of halogens is 2. The summed E-state index contributed by atoms with van der Waals surface area (Å²) in [6.45, 7) is 3.13. The first-order valence-corrected chi connectivity index (χ1v) is 9.18. The normalized spacial score (nSPS) is 16.4. The van der Waals surface area contributed by atoms with Crippen molar-refractivity contribution in [2.24, 2.45) is 0 Å². The minimum absolute atomic E-state index is 0. The van der Waals surface area contributed by atoms with Crippen molar-refractivity contribution in [3.8, 4) is 5.75 Å². The lowest BCUT2D eigenvalue weighted by Gasteiger charge is -2.36. The van der Waals surface area contributed by atoms with Gasteiger partial charge in [-0.2, -0.15) is 0 Å². The number of piperazine rings is 1. The molecule has 1 N–H and O–H groups in total. The molecule has 1 amide bonds. The number of carbonyl (C=O) groups excluding carboxylic acids is 1. The van der Waals surface area contributed by atoms with Crippen LogP contribution >= 0.6 is 12.4 Å². The Morgan fingerprint density at radius 3 is 2.71 bits per heavy atom. The second-order valence-electron chi connectivity index (χ2n) is 6.49. The quantitative estimate of drug-likeness (QED) is 0.713. The van der Waals surface area contributed by atoms with E-state index >= 15 is 0 Å². The first-order valence-electron chi connectivity index (χ1n) is 9.18. The van der Waals surface area contributed by atoms with Gasteiger partial charge in [-0.05, 0) is 42.0 Å². The fraction of sp³-hybridized carbons (Fsp3) is 0.381. The van der Waals surface area contributed by atoms with Gasteiger partial charge in [0.05, 0.1) is 12.6 Å². The molecule has 0 aromatic heterocycles. The molecule has 1 fully saturated rings. The number of benzene rings is 2. The van der Waals surface area contributed by atoms with E-state index in [0.29, 0.717) is 31.9 Å². The molecule has 1 heterocycles. The molecule has 1 aliphatic heterocycles. The zero-order valence-electron chi connectivity index (χ0n) is 15.9. The molecular weight excluding hydrogens is 383 g/mol. The molecule has 1 saturated heterocycles. The first-order chi connectivity index (χ1) is 13.2. The van der Waals surface area contributed by atoms with E-state index in [0.717, 1.165) is 24.3 Å². The zero-order valence-corrected chi connectivity index (χ0v) is 16.7. The Morgan fingerprint density at radius 2 is 2.00 bits per heavy atom. The van der Waals surface area contributed by atoms with Gasteiger partial charge in [0.1, 0.15) is 11.6 Å². The van der Waals surface area contributed by atoms with E-state index in [1.807, 2.05) is 6.07 Å². The number of methoxy groups -OCH3 is 1. The number of ether oxygens (including phenoxy) is 2. The van der Waals surface area contributed by atoms with E-state index in [1.54, 1.807) is 42.3 Å². The lowest BCUT2D eigenvalue weighted by atomic mass is 10.0. The lowest BCUT2D eigenvalue weighted by Crippen LogP contribution is -2.48. The number of nitrogens with zero attached hydrogens (tertiary/aromatic N) is 1. The van der Waals surface area contributed by atoms with Crippen LogP contribution < -0.4 is 10.1 Å². The highest BCUT2D eigenvalue weighted by Crippen LogP contribution is 2.25. The molecule has 3 rings (SSSR count). The van der Waals surface area contributed by atoms with Crippen LogP contribution in [-0.4, -0.2) is 50.8 Å². The number of nitrogens with one attached hydrogen (secondary N) is 1. The Labute approximate surface area is 171 Å². The van der Waals surface area contributed by atoms with Crippen LogP contribution in [0.5, 0.6) is 5.75 Å². The van der Waals surface area contributed by atoms with E-state index in [1.165, 1.54) is 12.1 Å². The van der Waals surface area contributed by atoms with E-state index in [2.05, 4.69) is 5.32 Å². The molecule has 0 spiro atoms. The average molecular weight is 409 g/mol. The first kappa shape index (κ1) is 22.1. The third-order valence-electron chi connectivity index (χ3n) is 4.60. The molecule has 28 heavy (non-hydrogen) atoms. The summed E-state index contributed by atoms with van der Waals surface area (Å²) >= 11 is 0. The summed E-state index contributed by atoms with van der Waals surface area (Å²) in [4.78, 5) is 14.8. The Balaban J connectivity index is 0.00000280. The Bertz CT molecular complexity index is 758. The zero-order chi connectivity index (χ0) is 19.1. The Morgan fingerprint density at radius 1 is 1.21 bits per heavy atom. The van der Waals surface area contributed by atoms with Crippen molar-refractivity contribution in [3.63, 3.8) is 0 Å². The van der Waals surface area contributed by atoms with E-state index in [9.17, 15) is 9.18 Å². The molecular formula is C21H26ClFN2O3. The van der Waals surface area contributed by atoms with Crippen molar-refractivity contribution < 1.29 is 18.7 Å². The fourth-order valence-electron chi connectivity index (χ4n) is 3.21. The van der Waals surface area contributed by atoms with Crippen LogP contribution in [0.4, 0.5) is 4.39 Å². The second-order valence-corrected chi connectivity index (χ2v) is 6.49.